The zero-order valence-corrected chi connectivity index (χ0v) is 18.0. The fourth-order valence-corrected chi connectivity index (χ4v) is 5.84. The second-order valence-electron chi connectivity index (χ2n) is 7.96. The van der Waals surface area contributed by atoms with Gasteiger partial charge in [-0.05, 0) is 74.6 Å². The first-order chi connectivity index (χ1) is 14.2. The number of benzene rings is 2. The second-order valence-corrected chi connectivity index (χ2v) is 9.86. The smallest absolute Gasteiger partial charge is 0.261 e. The Hall–Kier alpha value is -2.58. The Morgan fingerprint density at radius 1 is 1.00 bits per heavy atom. The Morgan fingerprint density at radius 3 is 2.37 bits per heavy atom. The van der Waals surface area contributed by atoms with Crippen molar-refractivity contribution in [3.05, 3.63) is 69.5 Å². The summed E-state index contributed by atoms with van der Waals surface area (Å²) in [5.41, 5.74) is 2.88. The van der Waals surface area contributed by atoms with Gasteiger partial charge in [0.1, 0.15) is 5.82 Å². The first-order valence-corrected chi connectivity index (χ1v) is 11.4. The third-order valence-electron chi connectivity index (χ3n) is 5.97. The van der Waals surface area contributed by atoms with Crippen LogP contribution in [-0.2, 0) is 10.0 Å². The van der Waals surface area contributed by atoms with E-state index in [2.05, 4.69) is 4.98 Å². The summed E-state index contributed by atoms with van der Waals surface area (Å²) in [6.07, 6.45) is 2.46. The average Bonchev–Trinajstić information content (AvgIpc) is 2.71. The number of sulfonamides is 1. The van der Waals surface area contributed by atoms with Gasteiger partial charge in [-0.1, -0.05) is 6.07 Å². The van der Waals surface area contributed by atoms with Gasteiger partial charge in [0.15, 0.2) is 0 Å². The van der Waals surface area contributed by atoms with Gasteiger partial charge in [0, 0.05) is 19.1 Å². The van der Waals surface area contributed by atoms with Crippen LogP contribution >= 0.6 is 0 Å². The molecular formula is C22H24FN3O3S. The zero-order valence-electron chi connectivity index (χ0n) is 17.2. The summed E-state index contributed by atoms with van der Waals surface area (Å²) < 4.78 is 43.0. The van der Waals surface area contributed by atoms with E-state index in [-0.39, 0.29) is 17.0 Å². The van der Waals surface area contributed by atoms with Gasteiger partial charge in [-0.2, -0.15) is 4.31 Å². The fraction of sp³-hybridized carbons (Fsp3) is 0.364. The molecule has 1 aliphatic rings. The van der Waals surface area contributed by atoms with Crippen molar-refractivity contribution in [2.75, 3.05) is 13.1 Å². The van der Waals surface area contributed by atoms with Gasteiger partial charge in [0.25, 0.3) is 5.56 Å². The highest BCUT2D eigenvalue weighted by Crippen LogP contribution is 2.29. The van der Waals surface area contributed by atoms with Crippen LogP contribution in [0.25, 0.3) is 10.9 Å². The summed E-state index contributed by atoms with van der Waals surface area (Å²) >= 11 is 0. The Kier molecular flexibility index (Phi) is 5.23. The molecule has 0 unspecified atom stereocenters. The molecule has 0 radical (unpaired) electrons. The monoisotopic (exact) mass is 429 g/mol. The number of aryl methyl sites for hydroxylation is 3. The molecule has 6 nitrogen and oxygen atoms in total. The third kappa shape index (κ3) is 3.54. The van der Waals surface area contributed by atoms with E-state index in [1.54, 1.807) is 6.07 Å². The Balaban J connectivity index is 1.59. The highest BCUT2D eigenvalue weighted by Gasteiger charge is 2.31. The van der Waals surface area contributed by atoms with Gasteiger partial charge in [0.2, 0.25) is 10.0 Å². The second kappa shape index (κ2) is 7.59. The molecule has 0 bridgehead atoms. The lowest BCUT2D eigenvalue weighted by Crippen LogP contribution is -2.41. The molecule has 0 amide bonds. The Bertz CT molecular complexity index is 1290. The molecule has 1 aliphatic heterocycles. The number of hydrogen-bond acceptors (Lipinski definition) is 4. The maximum atomic E-state index is 13.6. The number of hydrogen-bond donors (Lipinski definition) is 0. The minimum absolute atomic E-state index is 0.176. The van der Waals surface area contributed by atoms with Crippen LogP contribution in [0.2, 0.25) is 0 Å². The quantitative estimate of drug-likeness (QED) is 0.639. The highest BCUT2D eigenvalue weighted by molar-refractivity contribution is 7.89. The maximum absolute atomic E-state index is 13.6. The number of aromatic nitrogens is 2. The molecule has 0 N–H and O–H groups in total. The molecule has 0 atom stereocenters. The van der Waals surface area contributed by atoms with Crippen molar-refractivity contribution in [1.82, 2.24) is 13.9 Å². The molecule has 3 aromatic rings. The molecule has 1 saturated heterocycles. The van der Waals surface area contributed by atoms with E-state index < -0.39 is 15.8 Å². The molecule has 0 aliphatic carbocycles. The van der Waals surface area contributed by atoms with Crippen molar-refractivity contribution < 1.29 is 12.8 Å². The minimum Gasteiger partial charge on any atom is -0.296 e. The van der Waals surface area contributed by atoms with Crippen molar-refractivity contribution in [2.45, 2.75) is 44.6 Å². The van der Waals surface area contributed by atoms with E-state index in [0.717, 1.165) is 16.7 Å². The molecule has 1 fully saturated rings. The van der Waals surface area contributed by atoms with E-state index in [4.69, 9.17) is 0 Å². The molecule has 2 heterocycles. The molecule has 0 spiro atoms. The average molecular weight is 430 g/mol. The predicted molar refractivity (Wildman–Crippen MR) is 114 cm³/mol. The first-order valence-electron chi connectivity index (χ1n) is 9.93. The number of halogens is 1. The standard InChI is InChI=1S/C22H24FN3O3S/c1-14-10-16(3)21(11-15(14)2)30(28,29)25-8-6-18(7-9-25)26-13-24-20-5-4-17(23)12-19(20)22(26)27/h4-5,10-13,18H,6-9H2,1-3H3. The van der Waals surface area contributed by atoms with Gasteiger partial charge in [-0.15, -0.1) is 0 Å². The van der Waals surface area contributed by atoms with Crippen LogP contribution in [-0.4, -0.2) is 35.4 Å². The lowest BCUT2D eigenvalue weighted by atomic mass is 10.1. The van der Waals surface area contributed by atoms with Gasteiger partial charge >= 0.3 is 0 Å². The summed E-state index contributed by atoms with van der Waals surface area (Å²) in [6.45, 7) is 6.30. The largest absolute Gasteiger partial charge is 0.296 e. The lowest BCUT2D eigenvalue weighted by molar-refractivity contribution is 0.269. The van der Waals surface area contributed by atoms with Crippen LogP contribution in [0.3, 0.4) is 0 Å². The summed E-state index contributed by atoms with van der Waals surface area (Å²) in [5.74, 6) is -0.483. The first kappa shape index (κ1) is 20.7. The molecule has 30 heavy (non-hydrogen) atoms. The van der Waals surface area contributed by atoms with Gasteiger partial charge in [-0.3, -0.25) is 9.36 Å². The van der Waals surface area contributed by atoms with Crippen LogP contribution < -0.4 is 5.56 Å². The van der Waals surface area contributed by atoms with E-state index in [1.807, 2.05) is 26.8 Å². The van der Waals surface area contributed by atoms with E-state index in [0.29, 0.717) is 36.3 Å². The summed E-state index contributed by atoms with van der Waals surface area (Å²) in [7, 11) is -3.61. The summed E-state index contributed by atoms with van der Waals surface area (Å²) in [6, 6.07) is 7.41. The van der Waals surface area contributed by atoms with Crippen LogP contribution in [0, 0.1) is 26.6 Å². The molecule has 8 heteroatoms. The molecular weight excluding hydrogens is 405 g/mol. The van der Waals surface area contributed by atoms with Gasteiger partial charge in [0.05, 0.1) is 22.1 Å². The fourth-order valence-electron chi connectivity index (χ4n) is 4.08. The molecule has 4 rings (SSSR count). The van der Waals surface area contributed by atoms with Crippen molar-refractivity contribution in [1.29, 1.82) is 0 Å². The van der Waals surface area contributed by atoms with Crippen LogP contribution in [0.4, 0.5) is 4.39 Å². The number of nitrogens with zero attached hydrogens (tertiary/aromatic N) is 3. The van der Waals surface area contributed by atoms with Crippen molar-refractivity contribution in [2.24, 2.45) is 0 Å². The summed E-state index contributed by atoms with van der Waals surface area (Å²) in [5, 5.41) is 0.235. The number of rotatable bonds is 3. The highest BCUT2D eigenvalue weighted by atomic mass is 32.2. The predicted octanol–water partition coefficient (Wildman–Crippen LogP) is 3.49. The van der Waals surface area contributed by atoms with Crippen molar-refractivity contribution in [3.63, 3.8) is 0 Å². The van der Waals surface area contributed by atoms with Crippen molar-refractivity contribution >= 4 is 20.9 Å². The SMILES string of the molecule is Cc1cc(C)c(S(=O)(=O)N2CCC(n3cnc4ccc(F)cc4c3=O)CC2)cc1C. The van der Waals surface area contributed by atoms with Crippen LogP contribution in [0.5, 0.6) is 0 Å². The number of fused-ring (bicyclic) bond motifs is 1. The molecule has 158 valence electrons. The topological polar surface area (TPSA) is 72.3 Å². The van der Waals surface area contributed by atoms with Crippen molar-refractivity contribution in [3.8, 4) is 0 Å². The van der Waals surface area contributed by atoms with Crippen LogP contribution in [0.15, 0.2) is 46.3 Å². The van der Waals surface area contributed by atoms with Crippen LogP contribution in [0.1, 0.15) is 35.6 Å². The number of piperidine rings is 1. The third-order valence-corrected chi connectivity index (χ3v) is 8.01. The normalized spacial score (nSPS) is 16.3. The molecule has 1 aromatic heterocycles. The van der Waals surface area contributed by atoms with E-state index in [1.165, 1.54) is 33.4 Å². The van der Waals surface area contributed by atoms with Gasteiger partial charge in [-0.25, -0.2) is 17.8 Å². The molecule has 2 aromatic carbocycles. The van der Waals surface area contributed by atoms with E-state index in [9.17, 15) is 17.6 Å². The summed E-state index contributed by atoms with van der Waals surface area (Å²) in [4.78, 5) is 17.4. The minimum atomic E-state index is -3.61. The zero-order chi connectivity index (χ0) is 21.6. The lowest BCUT2D eigenvalue weighted by Gasteiger charge is -2.32. The maximum Gasteiger partial charge on any atom is 0.261 e. The van der Waals surface area contributed by atoms with Gasteiger partial charge < -0.3 is 0 Å². The Labute approximate surface area is 175 Å². The Morgan fingerprint density at radius 2 is 1.67 bits per heavy atom. The van der Waals surface area contributed by atoms with E-state index >= 15 is 0 Å². The molecule has 0 saturated carbocycles.